The number of hydrogen-bond acceptors (Lipinski definition) is 5. The Bertz CT molecular complexity index is 1630. The predicted octanol–water partition coefficient (Wildman–Crippen LogP) is 8.71. The quantitative estimate of drug-likeness (QED) is 0.157. The van der Waals surface area contributed by atoms with Crippen molar-refractivity contribution in [1.82, 2.24) is 10.2 Å². The fraction of sp³-hybridized carbons (Fsp3) is 0.500. The lowest BCUT2D eigenvalue weighted by Crippen LogP contribution is -2.54. The number of rotatable bonds is 14. The van der Waals surface area contributed by atoms with Crippen LogP contribution in [0.15, 0.2) is 89.1 Å². The maximum atomic E-state index is 14.6. The van der Waals surface area contributed by atoms with Gasteiger partial charge in [-0.25, -0.2) is 4.39 Å². The van der Waals surface area contributed by atoms with E-state index in [1.165, 1.54) is 12.5 Å². The SMILES string of the molecule is C=C/C(F)=C(\C=C/C)N/C(C)=C(C)/C(=C\C(=C)c1ccc2c(c1)N(C1CC(CCC)C1)C(=O)C21CCN(C(=O)CC2COC2)CC1)N=CCC. The lowest BCUT2D eigenvalue weighted by atomic mass is 9.73. The summed E-state index contributed by atoms with van der Waals surface area (Å²) in [7, 11) is 0. The first kappa shape index (κ1) is 37.2. The Balaban J connectivity index is 1.45. The molecule has 1 aromatic carbocycles. The minimum atomic E-state index is -0.616. The van der Waals surface area contributed by atoms with E-state index in [4.69, 9.17) is 9.73 Å². The van der Waals surface area contributed by atoms with Crippen LogP contribution in [0.25, 0.3) is 5.57 Å². The standard InChI is InChI=1S/C42H55FN4O3/c1-8-12-31-22-34(23-31)47-39-25-33(28(5)21-38(44-18-10-3)29(6)30(7)45-37(13-9-2)36(43)11-4)14-15-35(39)42(41(47)49)16-19-46(20-17-42)40(48)24-32-26-50-27-32/h9,11,13-15,18,21,25,31-32,34,45H,4-5,8,10,12,16-17,19-20,22-24,26-27H2,1-3,6-7H3/b13-9-,30-29+,37-36-,38-21+,44-18?. The van der Waals surface area contributed by atoms with Crippen LogP contribution in [-0.4, -0.2) is 55.3 Å². The maximum absolute atomic E-state index is 14.6. The summed E-state index contributed by atoms with van der Waals surface area (Å²) in [6.45, 7) is 20.5. The van der Waals surface area contributed by atoms with Crippen molar-refractivity contribution in [1.29, 1.82) is 0 Å². The zero-order valence-electron chi connectivity index (χ0n) is 30.7. The van der Waals surface area contributed by atoms with Gasteiger partial charge in [0.2, 0.25) is 11.8 Å². The number of carbonyl (C=O) groups excluding carboxylic acids is 2. The molecule has 4 aliphatic rings. The van der Waals surface area contributed by atoms with Crippen LogP contribution in [0.3, 0.4) is 0 Å². The fourth-order valence-electron chi connectivity index (χ4n) is 7.73. The molecule has 8 heteroatoms. The Morgan fingerprint density at radius 2 is 1.88 bits per heavy atom. The van der Waals surface area contributed by atoms with Crippen molar-refractivity contribution in [2.45, 2.75) is 97.4 Å². The number of aliphatic imine (C=N–C) groups is 1. The molecule has 5 rings (SSSR count). The van der Waals surface area contributed by atoms with Gasteiger partial charge in [-0.05, 0) is 105 Å². The molecule has 1 aromatic rings. The third kappa shape index (κ3) is 7.65. The van der Waals surface area contributed by atoms with Crippen LogP contribution in [0.4, 0.5) is 10.1 Å². The topological polar surface area (TPSA) is 74.2 Å². The molecule has 3 aliphatic heterocycles. The summed E-state index contributed by atoms with van der Waals surface area (Å²) < 4.78 is 19.8. The highest BCUT2D eigenvalue weighted by Crippen LogP contribution is 2.52. The number of likely N-dealkylation sites (tertiary alicyclic amines) is 1. The van der Waals surface area contributed by atoms with E-state index in [1.54, 1.807) is 12.2 Å². The van der Waals surface area contributed by atoms with Gasteiger partial charge in [0.15, 0.2) is 0 Å². The van der Waals surface area contributed by atoms with Crippen molar-refractivity contribution >= 4 is 29.3 Å². The predicted molar refractivity (Wildman–Crippen MR) is 202 cm³/mol. The molecule has 7 nitrogen and oxygen atoms in total. The Hall–Kier alpha value is -4.04. The molecule has 1 spiro atoms. The van der Waals surface area contributed by atoms with Crippen LogP contribution < -0.4 is 10.2 Å². The van der Waals surface area contributed by atoms with Gasteiger partial charge in [-0.2, -0.15) is 0 Å². The molecule has 50 heavy (non-hydrogen) atoms. The average molecular weight is 683 g/mol. The molecule has 0 atom stereocenters. The number of amides is 2. The number of allylic oxidation sites excluding steroid dienone is 8. The summed E-state index contributed by atoms with van der Waals surface area (Å²) in [4.78, 5) is 36.5. The van der Waals surface area contributed by atoms with Gasteiger partial charge in [0.25, 0.3) is 0 Å². The van der Waals surface area contributed by atoms with E-state index in [0.717, 1.165) is 65.0 Å². The van der Waals surface area contributed by atoms with Crippen LogP contribution in [0.2, 0.25) is 0 Å². The summed E-state index contributed by atoms with van der Waals surface area (Å²) in [5, 5.41) is 3.19. The van der Waals surface area contributed by atoms with E-state index in [1.807, 2.05) is 44.9 Å². The molecule has 0 radical (unpaired) electrons. The van der Waals surface area contributed by atoms with Gasteiger partial charge in [0.05, 0.1) is 30.0 Å². The molecule has 1 saturated carbocycles. The lowest BCUT2D eigenvalue weighted by Gasteiger charge is -2.43. The van der Waals surface area contributed by atoms with E-state index < -0.39 is 11.2 Å². The zero-order chi connectivity index (χ0) is 36.0. The second kappa shape index (κ2) is 16.3. The molecule has 1 aliphatic carbocycles. The number of nitrogens with zero attached hydrogens (tertiary/aromatic N) is 3. The highest BCUT2D eigenvalue weighted by molar-refractivity contribution is 6.09. The molecule has 0 bridgehead atoms. The van der Waals surface area contributed by atoms with Crippen molar-refractivity contribution in [3.63, 3.8) is 0 Å². The monoisotopic (exact) mass is 682 g/mol. The van der Waals surface area contributed by atoms with E-state index in [9.17, 15) is 14.0 Å². The molecule has 2 amide bonds. The first-order valence-electron chi connectivity index (χ1n) is 18.4. The van der Waals surface area contributed by atoms with Crippen LogP contribution >= 0.6 is 0 Å². The van der Waals surface area contributed by atoms with Gasteiger partial charge < -0.3 is 19.9 Å². The number of hydrogen-bond donors (Lipinski definition) is 1. The molecule has 3 fully saturated rings. The number of piperidine rings is 1. The van der Waals surface area contributed by atoms with Gasteiger partial charge in [0.1, 0.15) is 5.83 Å². The Kier molecular flexibility index (Phi) is 12.2. The van der Waals surface area contributed by atoms with E-state index in [0.29, 0.717) is 63.1 Å². The molecule has 268 valence electrons. The Morgan fingerprint density at radius 1 is 1.16 bits per heavy atom. The van der Waals surface area contributed by atoms with E-state index in [-0.39, 0.29) is 17.9 Å². The molecule has 1 N–H and O–H groups in total. The van der Waals surface area contributed by atoms with Crippen molar-refractivity contribution in [3.05, 3.63) is 95.3 Å². The largest absolute Gasteiger partial charge is 0.381 e. The minimum Gasteiger partial charge on any atom is -0.381 e. The smallest absolute Gasteiger partial charge is 0.238 e. The molecular weight excluding hydrogens is 627 g/mol. The number of anilines is 1. The van der Waals surface area contributed by atoms with Crippen molar-refractivity contribution in [2.75, 3.05) is 31.2 Å². The number of halogens is 1. The van der Waals surface area contributed by atoms with Gasteiger partial charge in [0, 0.05) is 49.1 Å². The maximum Gasteiger partial charge on any atom is 0.238 e. The minimum absolute atomic E-state index is 0.173. The molecule has 0 aromatic heterocycles. The first-order valence-corrected chi connectivity index (χ1v) is 18.4. The third-order valence-corrected chi connectivity index (χ3v) is 10.9. The lowest BCUT2D eigenvalue weighted by molar-refractivity contribution is -0.140. The van der Waals surface area contributed by atoms with Crippen LogP contribution in [-0.2, 0) is 19.7 Å². The molecular formula is C42H55FN4O3. The first-order chi connectivity index (χ1) is 24.1. The Labute approximate surface area is 298 Å². The second-order valence-electron chi connectivity index (χ2n) is 14.4. The summed E-state index contributed by atoms with van der Waals surface area (Å²) in [6, 6.07) is 6.53. The van der Waals surface area contributed by atoms with Crippen LogP contribution in [0.1, 0.15) is 97.1 Å². The fourth-order valence-corrected chi connectivity index (χ4v) is 7.73. The summed E-state index contributed by atoms with van der Waals surface area (Å²) in [5.41, 5.74) is 5.81. The number of nitrogens with one attached hydrogen (secondary N) is 1. The molecule has 0 unspecified atom stereocenters. The molecule has 3 heterocycles. The van der Waals surface area contributed by atoms with Gasteiger partial charge in [-0.3, -0.25) is 14.6 Å². The normalized spacial score (nSPS) is 23.1. The summed E-state index contributed by atoms with van der Waals surface area (Å²) >= 11 is 0. The zero-order valence-corrected chi connectivity index (χ0v) is 30.7. The second-order valence-corrected chi connectivity index (χ2v) is 14.4. The number of carbonyl (C=O) groups is 2. The summed E-state index contributed by atoms with van der Waals surface area (Å²) in [6.07, 6.45) is 15.4. The molecule has 2 saturated heterocycles. The van der Waals surface area contributed by atoms with Crippen molar-refractivity contribution < 1.29 is 18.7 Å². The highest BCUT2D eigenvalue weighted by atomic mass is 19.1. The van der Waals surface area contributed by atoms with Crippen LogP contribution in [0, 0.1) is 11.8 Å². The number of fused-ring (bicyclic) bond motifs is 2. The highest BCUT2D eigenvalue weighted by Gasteiger charge is 2.55. The summed E-state index contributed by atoms with van der Waals surface area (Å²) in [5.74, 6) is 0.897. The van der Waals surface area contributed by atoms with Crippen molar-refractivity contribution in [3.8, 4) is 0 Å². The Morgan fingerprint density at radius 3 is 2.48 bits per heavy atom. The van der Waals surface area contributed by atoms with Crippen molar-refractivity contribution in [2.24, 2.45) is 16.8 Å². The number of ether oxygens (including phenoxy) is 1. The van der Waals surface area contributed by atoms with Gasteiger partial charge >= 0.3 is 0 Å². The van der Waals surface area contributed by atoms with Gasteiger partial charge in [-0.15, -0.1) is 0 Å². The van der Waals surface area contributed by atoms with Gasteiger partial charge in [-0.1, -0.05) is 58.1 Å². The van der Waals surface area contributed by atoms with Crippen LogP contribution in [0.5, 0.6) is 0 Å². The third-order valence-electron chi connectivity index (χ3n) is 10.9. The number of benzene rings is 1. The van der Waals surface area contributed by atoms with E-state index in [2.05, 4.69) is 48.5 Å². The van der Waals surface area contributed by atoms with E-state index >= 15 is 0 Å². The average Bonchev–Trinajstić information content (AvgIpc) is 3.30.